The van der Waals surface area contributed by atoms with E-state index in [4.69, 9.17) is 24.7 Å². The molecule has 1 aliphatic rings. The van der Waals surface area contributed by atoms with Crippen LogP contribution in [-0.2, 0) is 9.53 Å². The number of anilines is 2. The van der Waals surface area contributed by atoms with Crippen molar-refractivity contribution in [3.63, 3.8) is 0 Å². The number of esters is 1. The average molecular weight is 402 g/mol. The third-order valence-corrected chi connectivity index (χ3v) is 4.71. The number of aromatic amines is 1. The lowest BCUT2D eigenvalue weighted by atomic mass is 9.81. The van der Waals surface area contributed by atoms with Gasteiger partial charge in [-0.25, -0.2) is 9.59 Å². The van der Waals surface area contributed by atoms with Crippen LogP contribution in [0.3, 0.4) is 0 Å². The Kier molecular flexibility index (Phi) is 5.35. The van der Waals surface area contributed by atoms with E-state index in [0.29, 0.717) is 39.6 Å². The molecular weight excluding hydrogens is 380 g/mol. The molecule has 0 bridgehead atoms. The largest absolute Gasteiger partial charge is 0.493 e. The highest BCUT2D eigenvalue weighted by molar-refractivity contribution is 5.95. The van der Waals surface area contributed by atoms with Crippen LogP contribution in [0.25, 0.3) is 0 Å². The fourth-order valence-corrected chi connectivity index (χ4v) is 3.48. The van der Waals surface area contributed by atoms with E-state index in [1.54, 1.807) is 19.1 Å². The predicted molar refractivity (Wildman–Crippen MR) is 106 cm³/mol. The van der Waals surface area contributed by atoms with Gasteiger partial charge in [0, 0.05) is 11.3 Å². The van der Waals surface area contributed by atoms with Gasteiger partial charge in [-0.2, -0.15) is 4.98 Å². The van der Waals surface area contributed by atoms with Crippen LogP contribution in [0.1, 0.15) is 24.0 Å². The van der Waals surface area contributed by atoms with Crippen molar-refractivity contribution in [3.8, 4) is 17.2 Å². The van der Waals surface area contributed by atoms with E-state index >= 15 is 0 Å². The molecule has 2 heterocycles. The van der Waals surface area contributed by atoms with Crippen LogP contribution in [0.2, 0.25) is 0 Å². The number of carbonyl (C=O) groups is 1. The number of H-pyrrole nitrogens is 1. The highest BCUT2D eigenvalue weighted by atomic mass is 16.5. The minimum Gasteiger partial charge on any atom is -0.493 e. The first-order chi connectivity index (χ1) is 13.9. The van der Waals surface area contributed by atoms with Gasteiger partial charge >= 0.3 is 11.7 Å². The summed E-state index contributed by atoms with van der Waals surface area (Å²) in [6, 6.07) is 3.42. The summed E-state index contributed by atoms with van der Waals surface area (Å²) in [7, 11) is 5.77. The summed E-state index contributed by atoms with van der Waals surface area (Å²) in [5, 5.41) is 2.97. The molecule has 3 rings (SSSR count). The summed E-state index contributed by atoms with van der Waals surface area (Å²) in [5.41, 5.74) is 7.36. The van der Waals surface area contributed by atoms with E-state index in [9.17, 15) is 9.59 Å². The number of nitrogens with two attached hydrogens (primary N) is 1. The molecule has 29 heavy (non-hydrogen) atoms. The molecule has 0 spiro atoms. The number of nitrogens with one attached hydrogen (secondary N) is 2. The number of fused-ring (bicyclic) bond motifs is 1. The SMILES string of the molecule is COC(=O)C1=C(C)Nc2nc(=O)[nH]c(N)c2C1c1cc(OC)c(OC)c(OC)c1. The monoisotopic (exact) mass is 402 g/mol. The fraction of sp³-hybridized carbons (Fsp3) is 0.316. The van der Waals surface area contributed by atoms with Crippen molar-refractivity contribution < 1.29 is 23.7 Å². The summed E-state index contributed by atoms with van der Waals surface area (Å²) in [5.74, 6) is 0.303. The molecule has 0 saturated heterocycles. The minimum absolute atomic E-state index is 0.0835. The number of ether oxygens (including phenoxy) is 4. The third kappa shape index (κ3) is 3.33. The Morgan fingerprint density at radius 1 is 1.10 bits per heavy atom. The first-order valence-corrected chi connectivity index (χ1v) is 8.61. The fourth-order valence-electron chi connectivity index (χ4n) is 3.48. The minimum atomic E-state index is -0.697. The van der Waals surface area contributed by atoms with Crippen LogP contribution in [0.4, 0.5) is 11.6 Å². The van der Waals surface area contributed by atoms with Gasteiger partial charge in [-0.05, 0) is 24.6 Å². The molecule has 1 aromatic heterocycles. The molecule has 0 radical (unpaired) electrons. The molecular formula is C19H22N4O6. The number of carbonyl (C=O) groups excluding carboxylic acids is 1. The van der Waals surface area contributed by atoms with Crippen LogP contribution < -0.4 is 31.0 Å². The first kappa shape index (κ1) is 20.1. The van der Waals surface area contributed by atoms with Crippen molar-refractivity contribution in [1.29, 1.82) is 0 Å². The van der Waals surface area contributed by atoms with Gasteiger partial charge in [0.2, 0.25) is 5.75 Å². The molecule has 0 fully saturated rings. The van der Waals surface area contributed by atoms with Crippen molar-refractivity contribution in [2.24, 2.45) is 0 Å². The van der Waals surface area contributed by atoms with Gasteiger partial charge in [0.25, 0.3) is 0 Å². The van der Waals surface area contributed by atoms with Gasteiger partial charge in [0.1, 0.15) is 11.6 Å². The van der Waals surface area contributed by atoms with Crippen molar-refractivity contribution in [2.75, 3.05) is 39.5 Å². The molecule has 154 valence electrons. The smallest absolute Gasteiger partial charge is 0.348 e. The van der Waals surface area contributed by atoms with Gasteiger partial charge < -0.3 is 30.0 Å². The molecule has 1 aromatic carbocycles. The number of hydrogen-bond acceptors (Lipinski definition) is 9. The quantitative estimate of drug-likeness (QED) is 0.633. The maximum atomic E-state index is 12.6. The lowest BCUT2D eigenvalue weighted by Crippen LogP contribution is -2.28. The van der Waals surface area contributed by atoms with Crippen LogP contribution in [-0.4, -0.2) is 44.4 Å². The molecule has 10 nitrogen and oxygen atoms in total. The number of hydrogen-bond donors (Lipinski definition) is 3. The van der Waals surface area contributed by atoms with Crippen molar-refractivity contribution in [3.05, 3.63) is 45.0 Å². The van der Waals surface area contributed by atoms with Gasteiger partial charge in [-0.3, -0.25) is 4.98 Å². The van der Waals surface area contributed by atoms with E-state index < -0.39 is 17.6 Å². The standard InChI is InChI=1S/C19H22N4O6/c1-8-12(18(24)29-5)13(14-16(20)22-19(25)23-17(14)21-8)9-6-10(26-2)15(28-4)11(7-9)27-3/h6-7,13H,1-5H3,(H4,20,21,22,23,25). The molecule has 10 heteroatoms. The van der Waals surface area contributed by atoms with Gasteiger partial charge in [-0.1, -0.05) is 0 Å². The normalized spacial score (nSPS) is 15.3. The second-order valence-corrected chi connectivity index (χ2v) is 6.26. The van der Waals surface area contributed by atoms with Crippen molar-refractivity contribution in [1.82, 2.24) is 9.97 Å². The number of methoxy groups -OCH3 is 4. The summed E-state index contributed by atoms with van der Waals surface area (Å²) < 4.78 is 21.2. The molecule has 1 aliphatic heterocycles. The van der Waals surface area contributed by atoms with Crippen LogP contribution >= 0.6 is 0 Å². The maximum absolute atomic E-state index is 12.6. The third-order valence-electron chi connectivity index (χ3n) is 4.71. The van der Waals surface area contributed by atoms with Gasteiger partial charge in [0.15, 0.2) is 11.5 Å². The zero-order valence-electron chi connectivity index (χ0n) is 16.7. The lowest BCUT2D eigenvalue weighted by Gasteiger charge is -2.30. The Bertz CT molecular complexity index is 1030. The number of aromatic nitrogens is 2. The van der Waals surface area contributed by atoms with E-state index in [0.717, 1.165) is 0 Å². The second kappa shape index (κ2) is 7.74. The molecule has 0 saturated carbocycles. The molecule has 0 aliphatic carbocycles. The second-order valence-electron chi connectivity index (χ2n) is 6.26. The predicted octanol–water partition coefficient (Wildman–Crippen LogP) is 1.38. The highest BCUT2D eigenvalue weighted by Crippen LogP contribution is 2.47. The van der Waals surface area contributed by atoms with Crippen LogP contribution in [0.5, 0.6) is 17.2 Å². The lowest BCUT2D eigenvalue weighted by molar-refractivity contribution is -0.136. The Hall–Kier alpha value is -3.69. The Morgan fingerprint density at radius 2 is 1.72 bits per heavy atom. The number of nitrogens with zero attached hydrogens (tertiary/aromatic N) is 1. The van der Waals surface area contributed by atoms with Gasteiger partial charge in [-0.15, -0.1) is 0 Å². The molecule has 2 aromatic rings. The maximum Gasteiger partial charge on any atom is 0.348 e. The molecule has 1 unspecified atom stereocenters. The summed E-state index contributed by atoms with van der Waals surface area (Å²) in [6.07, 6.45) is 0. The van der Waals surface area contributed by atoms with E-state index in [1.165, 1.54) is 28.4 Å². The van der Waals surface area contributed by atoms with E-state index in [2.05, 4.69) is 15.3 Å². The summed E-state index contributed by atoms with van der Waals surface area (Å²) in [6.45, 7) is 1.69. The molecule has 4 N–H and O–H groups in total. The Balaban J connectivity index is 2.36. The number of benzene rings is 1. The molecule has 0 amide bonds. The van der Waals surface area contributed by atoms with Crippen LogP contribution in [0.15, 0.2) is 28.2 Å². The Morgan fingerprint density at radius 3 is 2.24 bits per heavy atom. The van der Waals surface area contributed by atoms with E-state index in [1.807, 2.05) is 0 Å². The average Bonchev–Trinajstić information content (AvgIpc) is 2.70. The zero-order chi connectivity index (χ0) is 21.3. The number of nitrogen functional groups attached to an aromatic ring is 1. The summed E-state index contributed by atoms with van der Waals surface area (Å²) in [4.78, 5) is 30.9. The van der Waals surface area contributed by atoms with Crippen LogP contribution in [0, 0.1) is 0 Å². The van der Waals surface area contributed by atoms with Gasteiger partial charge in [0.05, 0.1) is 39.9 Å². The van der Waals surface area contributed by atoms with Crippen molar-refractivity contribution in [2.45, 2.75) is 12.8 Å². The molecule has 1 atom stereocenters. The van der Waals surface area contributed by atoms with E-state index in [-0.39, 0.29) is 11.6 Å². The number of rotatable bonds is 5. The summed E-state index contributed by atoms with van der Waals surface area (Å²) >= 11 is 0. The number of allylic oxidation sites excluding steroid dienone is 1. The van der Waals surface area contributed by atoms with Crippen molar-refractivity contribution >= 4 is 17.6 Å². The zero-order valence-corrected chi connectivity index (χ0v) is 16.7. The highest BCUT2D eigenvalue weighted by Gasteiger charge is 2.37. The first-order valence-electron chi connectivity index (χ1n) is 8.61. The topological polar surface area (TPSA) is 138 Å². The Labute approximate surface area is 166 Å².